The van der Waals surface area contributed by atoms with Crippen molar-refractivity contribution in [2.45, 2.75) is 38.5 Å². The van der Waals surface area contributed by atoms with Crippen molar-refractivity contribution in [2.75, 3.05) is 20.1 Å². The van der Waals surface area contributed by atoms with Gasteiger partial charge in [0.15, 0.2) is 0 Å². The van der Waals surface area contributed by atoms with Crippen LogP contribution in [0.5, 0.6) is 0 Å². The molecule has 0 radical (unpaired) electrons. The normalized spacial score (nSPS) is 18.6. The van der Waals surface area contributed by atoms with Crippen molar-refractivity contribution >= 4 is 24.4 Å². The van der Waals surface area contributed by atoms with Crippen LogP contribution in [0.25, 0.3) is 6.08 Å². The Labute approximate surface area is 152 Å². The SMILES string of the molecule is CC(C)N1CCC(N(C)C(=O)C=Cc2ccc(C(F)(F)F)cc2)C1.Cl. The van der Waals surface area contributed by atoms with Crippen LogP contribution in [0.3, 0.4) is 0 Å². The van der Waals surface area contributed by atoms with Crippen LogP contribution >= 0.6 is 12.4 Å². The molecule has 0 saturated carbocycles. The molecular weight excluding hydrogens is 353 g/mol. The highest BCUT2D eigenvalue weighted by Crippen LogP contribution is 2.29. The molecule has 0 aliphatic carbocycles. The number of hydrogen-bond donors (Lipinski definition) is 0. The van der Waals surface area contributed by atoms with E-state index in [0.29, 0.717) is 11.6 Å². The third-order valence-corrected chi connectivity index (χ3v) is 4.48. The van der Waals surface area contributed by atoms with Gasteiger partial charge in [0.1, 0.15) is 0 Å². The molecule has 1 unspecified atom stereocenters. The average Bonchev–Trinajstić information content (AvgIpc) is 3.01. The second-order valence-electron chi connectivity index (χ2n) is 6.43. The molecule has 1 heterocycles. The summed E-state index contributed by atoms with van der Waals surface area (Å²) >= 11 is 0. The highest BCUT2D eigenvalue weighted by molar-refractivity contribution is 5.91. The van der Waals surface area contributed by atoms with Gasteiger partial charge in [0, 0.05) is 38.3 Å². The lowest BCUT2D eigenvalue weighted by molar-refractivity contribution is -0.137. The lowest BCUT2D eigenvalue weighted by Crippen LogP contribution is -2.39. The van der Waals surface area contributed by atoms with Gasteiger partial charge in [-0.15, -0.1) is 12.4 Å². The smallest absolute Gasteiger partial charge is 0.338 e. The van der Waals surface area contributed by atoms with Crippen molar-refractivity contribution in [3.05, 3.63) is 41.5 Å². The van der Waals surface area contributed by atoms with Gasteiger partial charge in [-0.1, -0.05) is 12.1 Å². The molecule has 2 rings (SSSR count). The largest absolute Gasteiger partial charge is 0.416 e. The van der Waals surface area contributed by atoms with Crippen LogP contribution in [0.15, 0.2) is 30.3 Å². The molecule has 7 heteroatoms. The maximum Gasteiger partial charge on any atom is 0.416 e. The zero-order valence-electron chi connectivity index (χ0n) is 14.6. The number of nitrogens with zero attached hydrogens (tertiary/aromatic N) is 2. The summed E-state index contributed by atoms with van der Waals surface area (Å²) in [4.78, 5) is 16.3. The summed E-state index contributed by atoms with van der Waals surface area (Å²) in [5.41, 5.74) is -0.122. The van der Waals surface area contributed by atoms with E-state index >= 15 is 0 Å². The third-order valence-electron chi connectivity index (χ3n) is 4.48. The summed E-state index contributed by atoms with van der Waals surface area (Å²) < 4.78 is 37.6. The second-order valence-corrected chi connectivity index (χ2v) is 6.43. The highest BCUT2D eigenvalue weighted by atomic mass is 35.5. The summed E-state index contributed by atoms with van der Waals surface area (Å²) in [5.74, 6) is -0.134. The molecule has 1 aromatic rings. The number of benzene rings is 1. The molecule has 0 bridgehead atoms. The third kappa shape index (κ3) is 5.75. The van der Waals surface area contributed by atoms with Crippen molar-refractivity contribution < 1.29 is 18.0 Å². The van der Waals surface area contributed by atoms with Gasteiger partial charge in [-0.25, -0.2) is 0 Å². The minimum Gasteiger partial charge on any atom is -0.338 e. The Kier molecular flexibility index (Phi) is 7.50. The van der Waals surface area contributed by atoms with Gasteiger partial charge in [0.2, 0.25) is 5.91 Å². The van der Waals surface area contributed by atoms with Crippen LogP contribution in [0.4, 0.5) is 13.2 Å². The number of carbonyl (C=O) groups is 1. The molecule has 0 N–H and O–H groups in total. The van der Waals surface area contributed by atoms with E-state index in [1.54, 1.807) is 18.0 Å². The molecule has 1 aliphatic rings. The first-order chi connectivity index (χ1) is 11.2. The standard InChI is InChI=1S/C18H23F3N2O.ClH/c1-13(2)23-11-10-16(12-23)22(3)17(24)9-6-14-4-7-15(8-5-14)18(19,20)21;/h4-9,13,16H,10-12H2,1-3H3;1H. The minimum absolute atomic E-state index is 0. The quantitative estimate of drug-likeness (QED) is 0.739. The number of carbonyl (C=O) groups excluding carboxylic acids is 1. The van der Waals surface area contributed by atoms with Gasteiger partial charge < -0.3 is 4.90 Å². The first-order valence-corrected chi connectivity index (χ1v) is 8.04. The monoisotopic (exact) mass is 376 g/mol. The van der Waals surface area contributed by atoms with E-state index < -0.39 is 11.7 Å². The molecule has 1 fully saturated rings. The molecule has 0 aromatic heterocycles. The van der Waals surface area contributed by atoms with Gasteiger partial charge >= 0.3 is 6.18 Å². The Morgan fingerprint density at radius 2 is 1.88 bits per heavy atom. The number of halogens is 4. The number of likely N-dealkylation sites (N-methyl/N-ethyl adjacent to an activating group) is 1. The van der Waals surface area contributed by atoms with E-state index in [1.807, 2.05) is 0 Å². The van der Waals surface area contributed by atoms with Gasteiger partial charge in [-0.05, 0) is 44.0 Å². The summed E-state index contributed by atoms with van der Waals surface area (Å²) in [5, 5.41) is 0. The number of alkyl halides is 3. The van der Waals surface area contributed by atoms with Gasteiger partial charge in [-0.3, -0.25) is 9.69 Å². The topological polar surface area (TPSA) is 23.6 Å². The van der Waals surface area contributed by atoms with E-state index in [-0.39, 0.29) is 24.4 Å². The molecule has 0 spiro atoms. The Balaban J connectivity index is 0.00000312. The zero-order chi connectivity index (χ0) is 17.9. The summed E-state index contributed by atoms with van der Waals surface area (Å²) in [7, 11) is 1.77. The highest BCUT2D eigenvalue weighted by Gasteiger charge is 2.30. The Bertz CT molecular complexity index is 599. The average molecular weight is 377 g/mol. The number of amides is 1. The molecular formula is C18H24ClF3N2O. The lowest BCUT2D eigenvalue weighted by Gasteiger charge is -2.25. The first kappa shape index (κ1) is 21.5. The summed E-state index contributed by atoms with van der Waals surface area (Å²) in [6.07, 6.45) is -0.438. The Morgan fingerprint density at radius 1 is 1.28 bits per heavy atom. The van der Waals surface area contributed by atoms with Crippen molar-refractivity contribution in [3.8, 4) is 0 Å². The van der Waals surface area contributed by atoms with Crippen molar-refractivity contribution in [1.29, 1.82) is 0 Å². The Morgan fingerprint density at radius 3 is 2.36 bits per heavy atom. The molecule has 1 amide bonds. The molecule has 25 heavy (non-hydrogen) atoms. The number of hydrogen-bond acceptors (Lipinski definition) is 2. The van der Waals surface area contributed by atoms with Gasteiger partial charge in [0.05, 0.1) is 5.56 Å². The van der Waals surface area contributed by atoms with Gasteiger partial charge in [0.25, 0.3) is 0 Å². The summed E-state index contributed by atoms with van der Waals surface area (Å²) in [6, 6.07) is 5.40. The fourth-order valence-corrected chi connectivity index (χ4v) is 2.80. The first-order valence-electron chi connectivity index (χ1n) is 8.04. The van der Waals surface area contributed by atoms with E-state index in [9.17, 15) is 18.0 Å². The predicted octanol–water partition coefficient (Wildman–Crippen LogP) is 4.08. The van der Waals surface area contributed by atoms with Gasteiger partial charge in [-0.2, -0.15) is 13.2 Å². The van der Waals surface area contributed by atoms with Crippen LogP contribution in [-0.4, -0.2) is 47.9 Å². The fourth-order valence-electron chi connectivity index (χ4n) is 2.80. The molecule has 140 valence electrons. The van der Waals surface area contributed by atoms with Crippen molar-refractivity contribution in [1.82, 2.24) is 9.80 Å². The van der Waals surface area contributed by atoms with Crippen LogP contribution in [-0.2, 0) is 11.0 Å². The second kappa shape index (κ2) is 8.72. The van der Waals surface area contributed by atoms with E-state index in [2.05, 4.69) is 18.7 Å². The maximum absolute atomic E-state index is 12.5. The Hall–Kier alpha value is -1.53. The van der Waals surface area contributed by atoms with E-state index in [4.69, 9.17) is 0 Å². The zero-order valence-corrected chi connectivity index (χ0v) is 15.4. The number of rotatable bonds is 4. The van der Waals surface area contributed by atoms with Crippen molar-refractivity contribution in [3.63, 3.8) is 0 Å². The van der Waals surface area contributed by atoms with Crippen LogP contribution in [0.2, 0.25) is 0 Å². The molecule has 1 atom stereocenters. The molecule has 1 aromatic carbocycles. The van der Waals surface area contributed by atoms with Crippen molar-refractivity contribution in [2.24, 2.45) is 0 Å². The van der Waals surface area contributed by atoms with Crippen LogP contribution in [0, 0.1) is 0 Å². The van der Waals surface area contributed by atoms with E-state index in [1.165, 1.54) is 18.2 Å². The fraction of sp³-hybridized carbons (Fsp3) is 0.500. The van der Waals surface area contributed by atoms with E-state index in [0.717, 1.165) is 31.6 Å². The molecule has 1 saturated heterocycles. The molecule has 1 aliphatic heterocycles. The predicted molar refractivity (Wildman–Crippen MR) is 95.6 cm³/mol. The number of likely N-dealkylation sites (tertiary alicyclic amines) is 1. The lowest BCUT2D eigenvalue weighted by atomic mass is 10.1. The molecule has 3 nitrogen and oxygen atoms in total. The maximum atomic E-state index is 12.5. The van der Waals surface area contributed by atoms with Crippen LogP contribution < -0.4 is 0 Å². The minimum atomic E-state index is -4.34. The van der Waals surface area contributed by atoms with Crippen LogP contribution in [0.1, 0.15) is 31.4 Å². The summed E-state index contributed by atoms with van der Waals surface area (Å²) in [6.45, 7) is 6.10.